The predicted octanol–water partition coefficient (Wildman–Crippen LogP) is 4.14. The average Bonchev–Trinajstić information content (AvgIpc) is 2.97. The fourth-order valence-electron chi connectivity index (χ4n) is 5.29. The highest BCUT2D eigenvalue weighted by molar-refractivity contribution is 5.89. The van der Waals surface area contributed by atoms with Gasteiger partial charge in [0.25, 0.3) is 0 Å². The van der Waals surface area contributed by atoms with E-state index in [-0.39, 0.29) is 0 Å². The van der Waals surface area contributed by atoms with E-state index in [2.05, 4.69) is 42.8 Å². The molecule has 2 fully saturated rings. The summed E-state index contributed by atoms with van der Waals surface area (Å²) in [6.45, 7) is 8.00. The molecule has 3 nitrogen and oxygen atoms in total. The first kappa shape index (κ1) is 14.8. The number of aromatic nitrogens is 1. The van der Waals surface area contributed by atoms with Gasteiger partial charge in [-0.15, -0.1) is 0 Å². The molecule has 2 heterocycles. The van der Waals surface area contributed by atoms with Crippen LogP contribution in [0, 0.1) is 10.8 Å². The predicted molar refractivity (Wildman–Crippen MR) is 93.2 cm³/mol. The first-order valence-electron chi connectivity index (χ1n) is 8.70. The number of aromatic amines is 1. The number of benzene rings is 1. The van der Waals surface area contributed by atoms with Gasteiger partial charge in [-0.05, 0) is 41.7 Å². The number of nitrogens with one attached hydrogen (secondary N) is 1. The van der Waals surface area contributed by atoms with Crippen LogP contribution in [0.5, 0.6) is 0 Å². The maximum Gasteiger partial charge on any atom is 0.227 e. The second-order valence-electron chi connectivity index (χ2n) is 8.77. The molecule has 2 aromatic rings. The minimum Gasteiger partial charge on any atom is -0.361 e. The van der Waals surface area contributed by atoms with Crippen LogP contribution in [0.25, 0.3) is 10.9 Å². The van der Waals surface area contributed by atoms with Gasteiger partial charge in [-0.3, -0.25) is 4.79 Å². The molecular formula is C20H26N2O. The van der Waals surface area contributed by atoms with Crippen molar-refractivity contribution in [3.63, 3.8) is 0 Å². The van der Waals surface area contributed by atoms with Crippen LogP contribution in [-0.4, -0.2) is 28.4 Å². The van der Waals surface area contributed by atoms with Gasteiger partial charge in [0.05, 0.1) is 6.42 Å². The molecule has 1 saturated heterocycles. The number of carbonyl (C=O) groups excluding carboxylic acids is 1. The Morgan fingerprint density at radius 2 is 2.04 bits per heavy atom. The molecular weight excluding hydrogens is 284 g/mol. The number of amides is 1. The molecule has 1 saturated carbocycles. The van der Waals surface area contributed by atoms with Gasteiger partial charge in [0, 0.05) is 29.7 Å². The third-order valence-electron chi connectivity index (χ3n) is 5.75. The highest BCUT2D eigenvalue weighted by atomic mass is 16.2. The van der Waals surface area contributed by atoms with Gasteiger partial charge >= 0.3 is 0 Å². The Kier molecular flexibility index (Phi) is 3.13. The van der Waals surface area contributed by atoms with E-state index in [0.717, 1.165) is 24.0 Å². The highest BCUT2D eigenvalue weighted by Crippen LogP contribution is 2.52. The molecule has 2 bridgehead atoms. The molecule has 122 valence electrons. The number of carbonyl (C=O) groups is 1. The Labute approximate surface area is 138 Å². The van der Waals surface area contributed by atoms with Gasteiger partial charge in [0.15, 0.2) is 0 Å². The summed E-state index contributed by atoms with van der Waals surface area (Å²) in [6, 6.07) is 8.66. The average molecular weight is 310 g/mol. The Morgan fingerprint density at radius 1 is 1.26 bits per heavy atom. The summed E-state index contributed by atoms with van der Waals surface area (Å²) in [7, 11) is 0. The third-order valence-corrected chi connectivity index (χ3v) is 5.75. The number of para-hydroxylation sites is 1. The smallest absolute Gasteiger partial charge is 0.227 e. The third kappa shape index (κ3) is 2.56. The highest BCUT2D eigenvalue weighted by Gasteiger charge is 2.50. The second-order valence-corrected chi connectivity index (χ2v) is 8.77. The van der Waals surface area contributed by atoms with Crippen LogP contribution in [0.1, 0.15) is 45.6 Å². The summed E-state index contributed by atoms with van der Waals surface area (Å²) in [4.78, 5) is 18.4. The number of hydrogen-bond donors (Lipinski definition) is 1. The summed E-state index contributed by atoms with van der Waals surface area (Å²) in [6.07, 6.45) is 6.05. The standard InChI is InChI=1S/C20H26N2O/c1-19(2)9-15-10-20(3,12-19)13-22(15)18(23)8-14-11-21-17-7-5-4-6-16(14)17/h4-7,11,15,21H,8-10,12-13H2,1-3H3/t15-,20+/m0/s1. The molecule has 1 aliphatic heterocycles. The van der Waals surface area contributed by atoms with E-state index in [0.29, 0.717) is 29.2 Å². The summed E-state index contributed by atoms with van der Waals surface area (Å²) < 4.78 is 0. The van der Waals surface area contributed by atoms with Crippen LogP contribution in [0.2, 0.25) is 0 Å². The number of fused-ring (bicyclic) bond motifs is 3. The van der Waals surface area contributed by atoms with Gasteiger partial charge in [0.2, 0.25) is 5.91 Å². The lowest BCUT2D eigenvalue weighted by atomic mass is 9.65. The van der Waals surface area contributed by atoms with E-state index in [1.807, 2.05) is 18.3 Å². The quantitative estimate of drug-likeness (QED) is 0.889. The molecule has 1 N–H and O–H groups in total. The van der Waals surface area contributed by atoms with Crippen LogP contribution >= 0.6 is 0 Å². The lowest BCUT2D eigenvalue weighted by Crippen LogP contribution is -2.38. The van der Waals surface area contributed by atoms with Gasteiger partial charge < -0.3 is 9.88 Å². The van der Waals surface area contributed by atoms with Crippen molar-refractivity contribution in [3.8, 4) is 0 Å². The van der Waals surface area contributed by atoms with E-state index in [4.69, 9.17) is 0 Å². The minimum atomic E-state index is 0.293. The van der Waals surface area contributed by atoms with Crippen molar-refractivity contribution in [3.05, 3.63) is 36.0 Å². The number of likely N-dealkylation sites (tertiary alicyclic amines) is 1. The largest absolute Gasteiger partial charge is 0.361 e. The summed E-state index contributed by atoms with van der Waals surface area (Å²) in [5.74, 6) is 0.293. The maximum absolute atomic E-state index is 13.0. The first-order chi connectivity index (χ1) is 10.9. The number of nitrogens with zero attached hydrogens (tertiary/aromatic N) is 1. The van der Waals surface area contributed by atoms with Crippen molar-refractivity contribution in [2.75, 3.05) is 6.54 Å². The number of H-pyrrole nitrogens is 1. The first-order valence-corrected chi connectivity index (χ1v) is 8.70. The van der Waals surface area contributed by atoms with Crippen molar-refractivity contribution < 1.29 is 4.79 Å². The van der Waals surface area contributed by atoms with E-state index in [1.54, 1.807) is 0 Å². The normalized spacial score (nSPS) is 29.2. The zero-order valence-corrected chi connectivity index (χ0v) is 14.4. The zero-order chi connectivity index (χ0) is 16.2. The Bertz CT molecular complexity index is 760. The van der Waals surface area contributed by atoms with E-state index >= 15 is 0 Å². The van der Waals surface area contributed by atoms with Crippen molar-refractivity contribution in [2.24, 2.45) is 10.8 Å². The van der Waals surface area contributed by atoms with Gasteiger partial charge in [-0.1, -0.05) is 39.0 Å². The molecule has 1 amide bonds. The molecule has 1 aliphatic carbocycles. The molecule has 1 aromatic carbocycles. The molecule has 2 aliphatic rings. The minimum absolute atomic E-state index is 0.293. The molecule has 2 atom stereocenters. The maximum atomic E-state index is 13.0. The second kappa shape index (κ2) is 4.86. The van der Waals surface area contributed by atoms with Gasteiger partial charge in [-0.25, -0.2) is 0 Å². The van der Waals surface area contributed by atoms with Crippen LogP contribution in [-0.2, 0) is 11.2 Å². The van der Waals surface area contributed by atoms with E-state index < -0.39 is 0 Å². The van der Waals surface area contributed by atoms with Crippen LogP contribution in [0.3, 0.4) is 0 Å². The molecule has 3 heteroatoms. The Hall–Kier alpha value is -1.77. The Morgan fingerprint density at radius 3 is 2.87 bits per heavy atom. The zero-order valence-electron chi connectivity index (χ0n) is 14.4. The van der Waals surface area contributed by atoms with Crippen molar-refractivity contribution in [2.45, 2.75) is 52.5 Å². The molecule has 4 rings (SSSR count). The fourth-order valence-corrected chi connectivity index (χ4v) is 5.29. The van der Waals surface area contributed by atoms with Crippen LogP contribution in [0.15, 0.2) is 30.5 Å². The van der Waals surface area contributed by atoms with Gasteiger partial charge in [0.1, 0.15) is 0 Å². The lowest BCUT2D eigenvalue weighted by molar-refractivity contribution is -0.131. The number of hydrogen-bond acceptors (Lipinski definition) is 1. The topological polar surface area (TPSA) is 36.1 Å². The SMILES string of the molecule is CC1(C)C[C@H]2C[C@@](C)(CN2C(=O)Cc2c[nH]c3ccccc23)C1. The lowest BCUT2D eigenvalue weighted by Gasteiger charge is -2.39. The van der Waals surface area contributed by atoms with Crippen molar-refractivity contribution in [1.82, 2.24) is 9.88 Å². The van der Waals surface area contributed by atoms with Crippen LogP contribution in [0.4, 0.5) is 0 Å². The Balaban J connectivity index is 1.56. The molecule has 0 radical (unpaired) electrons. The summed E-state index contributed by atoms with van der Waals surface area (Å²) in [5, 5.41) is 1.18. The fraction of sp³-hybridized carbons (Fsp3) is 0.550. The van der Waals surface area contributed by atoms with E-state index in [9.17, 15) is 4.79 Å². The molecule has 0 spiro atoms. The van der Waals surface area contributed by atoms with E-state index in [1.165, 1.54) is 18.2 Å². The summed E-state index contributed by atoms with van der Waals surface area (Å²) in [5.41, 5.74) is 2.90. The molecule has 23 heavy (non-hydrogen) atoms. The summed E-state index contributed by atoms with van der Waals surface area (Å²) >= 11 is 0. The number of rotatable bonds is 2. The molecule has 0 unspecified atom stereocenters. The van der Waals surface area contributed by atoms with Crippen molar-refractivity contribution >= 4 is 16.8 Å². The van der Waals surface area contributed by atoms with Gasteiger partial charge in [-0.2, -0.15) is 0 Å². The van der Waals surface area contributed by atoms with Crippen molar-refractivity contribution in [1.29, 1.82) is 0 Å². The molecule has 1 aromatic heterocycles. The van der Waals surface area contributed by atoms with Crippen LogP contribution < -0.4 is 0 Å². The monoisotopic (exact) mass is 310 g/mol.